The fourth-order valence-electron chi connectivity index (χ4n) is 0.443. The lowest BCUT2D eigenvalue weighted by molar-refractivity contribution is 1.36. The van der Waals surface area contributed by atoms with Crippen LogP contribution in [0.5, 0.6) is 0 Å². The number of hydrogen-bond donors (Lipinski definition) is 0. The van der Waals surface area contributed by atoms with Gasteiger partial charge in [-0.2, -0.15) is 0 Å². The fourth-order valence-corrected chi connectivity index (χ4v) is 1.63. The molecule has 0 atom stereocenters. The predicted octanol–water partition coefficient (Wildman–Crippen LogP) is 1.35. The van der Waals surface area contributed by atoms with E-state index in [1.165, 1.54) is 22.7 Å². The van der Waals surface area contributed by atoms with Crippen LogP contribution in [0.3, 0.4) is 0 Å². The van der Waals surface area contributed by atoms with Crippen LogP contribution in [0.2, 0.25) is 0 Å². The highest BCUT2D eigenvalue weighted by atomic mass is 32.2. The topological polar surface area (TPSA) is 25.8 Å². The molecular formula is C4N2S2. The Hall–Kier alpha value is -0.480. The van der Waals surface area contributed by atoms with E-state index in [4.69, 9.17) is 0 Å². The van der Waals surface area contributed by atoms with Gasteiger partial charge in [-0.15, -0.1) is 0 Å². The number of rotatable bonds is 0. The van der Waals surface area contributed by atoms with Crippen LogP contribution in [-0.2, 0) is 0 Å². The highest BCUT2D eigenvalue weighted by molar-refractivity contribution is 7.35. The number of thiazole rings is 2. The molecule has 2 radical (unpaired) electrons. The zero-order valence-electron chi connectivity index (χ0n) is 3.71. The summed E-state index contributed by atoms with van der Waals surface area (Å²) in [6.45, 7) is 0. The third-order valence-corrected chi connectivity index (χ3v) is 2.36. The van der Waals surface area contributed by atoms with Gasteiger partial charge in [-0.05, 0) is 0 Å². The second-order valence-electron chi connectivity index (χ2n) is 1.22. The molecule has 0 amide bonds. The van der Waals surface area contributed by atoms with Gasteiger partial charge in [0.15, 0.2) is 16.7 Å². The molecule has 0 saturated carbocycles. The van der Waals surface area contributed by atoms with E-state index < -0.39 is 0 Å². The first-order valence-corrected chi connectivity index (χ1v) is 3.59. The average Bonchev–Trinajstić information content (AvgIpc) is 2.15. The van der Waals surface area contributed by atoms with Crippen molar-refractivity contribution < 1.29 is 0 Å². The van der Waals surface area contributed by atoms with Crippen LogP contribution in [0, 0.1) is 11.0 Å². The van der Waals surface area contributed by atoms with Gasteiger partial charge < -0.3 is 0 Å². The van der Waals surface area contributed by atoms with E-state index in [9.17, 15) is 0 Å². The molecule has 0 aliphatic carbocycles. The Kier molecular flexibility index (Phi) is 0.824. The SMILES string of the molecule is [c]1nc2n[c]sc2s1. The quantitative estimate of drug-likeness (QED) is 0.552. The molecular weight excluding hydrogens is 140 g/mol. The molecule has 38 valence electrons. The molecule has 2 aromatic rings. The van der Waals surface area contributed by atoms with Gasteiger partial charge in [-0.3, -0.25) is 0 Å². The van der Waals surface area contributed by atoms with Gasteiger partial charge in [-0.25, -0.2) is 9.97 Å². The highest BCUT2D eigenvalue weighted by Crippen LogP contribution is 2.18. The van der Waals surface area contributed by atoms with Crippen LogP contribution in [0.1, 0.15) is 0 Å². The van der Waals surface area contributed by atoms with Crippen molar-refractivity contribution in [3.8, 4) is 0 Å². The van der Waals surface area contributed by atoms with Crippen LogP contribution in [-0.4, -0.2) is 9.97 Å². The van der Waals surface area contributed by atoms with E-state index >= 15 is 0 Å². The van der Waals surface area contributed by atoms with Gasteiger partial charge in [0.05, 0.1) is 0 Å². The largest absolute Gasteiger partial charge is 0.213 e. The summed E-state index contributed by atoms with van der Waals surface area (Å²) >= 11 is 2.97. The Balaban J connectivity index is 3.06. The maximum absolute atomic E-state index is 3.84. The molecule has 0 bridgehead atoms. The molecule has 0 aliphatic rings. The summed E-state index contributed by atoms with van der Waals surface area (Å²) in [5, 5.41) is 0. The number of fused-ring (bicyclic) bond motifs is 1. The van der Waals surface area contributed by atoms with E-state index in [-0.39, 0.29) is 0 Å². The Bertz CT molecular complexity index is 233. The lowest BCUT2D eigenvalue weighted by Gasteiger charge is -1.59. The van der Waals surface area contributed by atoms with Crippen molar-refractivity contribution in [3.05, 3.63) is 11.0 Å². The standard InChI is InChI=1S/C4N2S2/c1-5-3-4(7-1)8-2-6-3. The summed E-state index contributed by atoms with van der Waals surface area (Å²) in [6.07, 6.45) is 0. The number of hydrogen-bond acceptors (Lipinski definition) is 4. The highest BCUT2D eigenvalue weighted by Gasteiger charge is 1.95. The molecule has 2 aromatic heterocycles. The third-order valence-electron chi connectivity index (χ3n) is 0.762. The molecule has 0 aliphatic heterocycles. The fraction of sp³-hybridized carbons (Fsp3) is 0. The van der Waals surface area contributed by atoms with E-state index in [2.05, 4.69) is 21.0 Å². The van der Waals surface area contributed by atoms with Crippen LogP contribution in [0.4, 0.5) is 0 Å². The smallest absolute Gasteiger partial charge is 0.182 e. The van der Waals surface area contributed by atoms with Crippen LogP contribution in [0.15, 0.2) is 0 Å². The monoisotopic (exact) mass is 140 g/mol. The summed E-state index contributed by atoms with van der Waals surface area (Å²) in [7, 11) is 0. The maximum atomic E-state index is 3.84. The van der Waals surface area contributed by atoms with Crippen molar-refractivity contribution in [2.24, 2.45) is 0 Å². The Labute approximate surface area is 53.8 Å². The van der Waals surface area contributed by atoms with Crippen molar-refractivity contribution >= 4 is 32.3 Å². The minimum atomic E-state index is 0.778. The number of nitrogens with zero attached hydrogens (tertiary/aromatic N) is 2. The third kappa shape index (κ3) is 0.468. The van der Waals surface area contributed by atoms with E-state index in [0.717, 1.165) is 9.66 Å². The minimum Gasteiger partial charge on any atom is -0.213 e. The summed E-state index contributed by atoms with van der Waals surface area (Å²) in [5.74, 6) is 0. The van der Waals surface area contributed by atoms with Crippen LogP contribution >= 0.6 is 22.7 Å². The molecule has 8 heavy (non-hydrogen) atoms. The van der Waals surface area contributed by atoms with Crippen LogP contribution < -0.4 is 0 Å². The van der Waals surface area contributed by atoms with Gasteiger partial charge >= 0.3 is 0 Å². The zero-order valence-corrected chi connectivity index (χ0v) is 5.34. The first-order valence-electron chi connectivity index (χ1n) is 1.96. The molecule has 2 heterocycles. The maximum Gasteiger partial charge on any atom is 0.182 e. The van der Waals surface area contributed by atoms with E-state index in [1.54, 1.807) is 0 Å². The molecule has 2 nitrogen and oxygen atoms in total. The first kappa shape index (κ1) is 4.40. The lowest BCUT2D eigenvalue weighted by atomic mass is 10.9. The molecule has 0 aromatic carbocycles. The Morgan fingerprint density at radius 2 is 1.75 bits per heavy atom. The minimum absolute atomic E-state index is 0.778. The molecule has 0 unspecified atom stereocenters. The Morgan fingerprint density at radius 3 is 2.25 bits per heavy atom. The number of aromatic nitrogens is 2. The van der Waals surface area contributed by atoms with Crippen molar-refractivity contribution in [1.29, 1.82) is 0 Å². The molecule has 2 rings (SSSR count). The summed E-state index contributed by atoms with van der Waals surface area (Å²) in [6, 6.07) is 0. The van der Waals surface area contributed by atoms with E-state index in [0.29, 0.717) is 0 Å². The zero-order chi connectivity index (χ0) is 5.40. The Morgan fingerprint density at radius 1 is 1.12 bits per heavy atom. The molecule has 0 spiro atoms. The summed E-state index contributed by atoms with van der Waals surface area (Å²) in [4.78, 5) is 7.68. The van der Waals surface area contributed by atoms with E-state index in [1.807, 2.05) is 0 Å². The summed E-state index contributed by atoms with van der Waals surface area (Å²) < 4.78 is 1.10. The van der Waals surface area contributed by atoms with Crippen molar-refractivity contribution in [1.82, 2.24) is 9.97 Å². The first-order chi connectivity index (χ1) is 3.97. The second-order valence-corrected chi connectivity index (χ2v) is 3.07. The molecule has 0 fully saturated rings. The average molecular weight is 140 g/mol. The molecule has 4 heteroatoms. The van der Waals surface area contributed by atoms with Crippen LogP contribution in [0.25, 0.3) is 9.66 Å². The molecule has 0 N–H and O–H groups in total. The van der Waals surface area contributed by atoms with Gasteiger partial charge in [0, 0.05) is 0 Å². The normalized spacial score (nSPS) is 10.5. The second kappa shape index (κ2) is 1.50. The van der Waals surface area contributed by atoms with Gasteiger partial charge in [0.2, 0.25) is 0 Å². The summed E-state index contributed by atoms with van der Waals surface area (Å²) in [5.41, 5.74) is 6.25. The van der Waals surface area contributed by atoms with Gasteiger partial charge in [-0.1, -0.05) is 22.7 Å². The van der Waals surface area contributed by atoms with Crippen molar-refractivity contribution in [2.45, 2.75) is 0 Å². The lowest BCUT2D eigenvalue weighted by Crippen LogP contribution is -1.59. The van der Waals surface area contributed by atoms with Crippen molar-refractivity contribution in [3.63, 3.8) is 0 Å². The molecule has 0 saturated heterocycles. The van der Waals surface area contributed by atoms with Crippen molar-refractivity contribution in [2.75, 3.05) is 0 Å². The predicted molar refractivity (Wildman–Crippen MR) is 33.0 cm³/mol. The van der Waals surface area contributed by atoms with Gasteiger partial charge in [0.25, 0.3) is 0 Å². The van der Waals surface area contributed by atoms with Gasteiger partial charge in [0.1, 0.15) is 4.01 Å².